The number of H-pyrrole nitrogens is 1. The highest BCUT2D eigenvalue weighted by Crippen LogP contribution is 2.08. The zero-order chi connectivity index (χ0) is 11.3. The highest BCUT2D eigenvalue weighted by Gasteiger charge is 2.07. The number of aromatic nitrogens is 2. The Balaban J connectivity index is 2.58. The van der Waals surface area contributed by atoms with Gasteiger partial charge < -0.3 is 9.72 Å². The Morgan fingerprint density at radius 1 is 1.67 bits per heavy atom. The fraction of sp³-hybridized carbons (Fsp3) is 0.455. The Labute approximate surface area is 89.4 Å². The number of carbonyl (C=O) groups is 1. The van der Waals surface area contributed by atoms with Gasteiger partial charge in [0.15, 0.2) is 0 Å². The van der Waals surface area contributed by atoms with Crippen LogP contribution in [0.2, 0.25) is 0 Å². The Morgan fingerprint density at radius 2 is 2.40 bits per heavy atom. The van der Waals surface area contributed by atoms with E-state index < -0.39 is 0 Å². The number of hydrogen-bond donors (Lipinski definition) is 1. The van der Waals surface area contributed by atoms with E-state index in [1.54, 1.807) is 0 Å². The van der Waals surface area contributed by atoms with Crippen molar-refractivity contribution in [3.63, 3.8) is 0 Å². The molecule has 1 aromatic rings. The van der Waals surface area contributed by atoms with E-state index in [1.807, 2.05) is 13.0 Å². The first-order chi connectivity index (χ1) is 7.17. The summed E-state index contributed by atoms with van der Waals surface area (Å²) >= 11 is 0. The lowest BCUT2D eigenvalue weighted by molar-refractivity contribution is -0.140. The van der Waals surface area contributed by atoms with E-state index in [2.05, 4.69) is 21.3 Å². The zero-order valence-corrected chi connectivity index (χ0v) is 9.17. The summed E-state index contributed by atoms with van der Waals surface area (Å²) in [6, 6.07) is 0. The van der Waals surface area contributed by atoms with Crippen molar-refractivity contribution in [1.82, 2.24) is 9.97 Å². The molecule has 0 amide bonds. The second-order valence-electron chi connectivity index (χ2n) is 3.32. The maximum absolute atomic E-state index is 10.9. The molecular formula is C11H16N2O2. The number of carbonyl (C=O) groups excluding carboxylic acids is 1. The van der Waals surface area contributed by atoms with E-state index in [0.717, 1.165) is 23.6 Å². The molecule has 82 valence electrons. The van der Waals surface area contributed by atoms with Gasteiger partial charge in [0, 0.05) is 18.5 Å². The van der Waals surface area contributed by atoms with Gasteiger partial charge in [0.05, 0.1) is 19.2 Å². The summed E-state index contributed by atoms with van der Waals surface area (Å²) in [5.74, 6) is 0.615. The predicted molar refractivity (Wildman–Crippen MR) is 57.6 cm³/mol. The molecular weight excluding hydrogens is 192 g/mol. The van der Waals surface area contributed by atoms with Crippen LogP contribution in [0.4, 0.5) is 0 Å². The van der Waals surface area contributed by atoms with E-state index in [-0.39, 0.29) is 5.97 Å². The van der Waals surface area contributed by atoms with Gasteiger partial charge in [-0.05, 0) is 6.92 Å². The number of rotatable bonds is 5. The molecule has 1 heterocycles. The Kier molecular flexibility index (Phi) is 4.09. The minimum Gasteiger partial charge on any atom is -0.469 e. The molecule has 0 aliphatic rings. The van der Waals surface area contributed by atoms with Crippen molar-refractivity contribution >= 4 is 5.97 Å². The van der Waals surface area contributed by atoms with Gasteiger partial charge in [0.25, 0.3) is 0 Å². The lowest BCUT2D eigenvalue weighted by atomic mass is 10.3. The molecule has 4 nitrogen and oxygen atoms in total. The third-order valence-electron chi connectivity index (χ3n) is 2.17. The van der Waals surface area contributed by atoms with Crippen molar-refractivity contribution in [2.45, 2.75) is 26.2 Å². The number of hydrogen-bond acceptors (Lipinski definition) is 3. The first-order valence-corrected chi connectivity index (χ1v) is 4.89. The van der Waals surface area contributed by atoms with Crippen molar-refractivity contribution in [2.24, 2.45) is 0 Å². The van der Waals surface area contributed by atoms with Crippen LogP contribution in [0.15, 0.2) is 12.7 Å². The largest absolute Gasteiger partial charge is 0.469 e. The quantitative estimate of drug-likeness (QED) is 0.590. The zero-order valence-electron chi connectivity index (χ0n) is 9.17. The van der Waals surface area contributed by atoms with Gasteiger partial charge in [-0.25, -0.2) is 4.98 Å². The molecule has 4 heteroatoms. The fourth-order valence-corrected chi connectivity index (χ4v) is 1.34. The summed E-state index contributed by atoms with van der Waals surface area (Å²) in [7, 11) is 1.39. The third-order valence-corrected chi connectivity index (χ3v) is 2.17. The lowest BCUT2D eigenvalue weighted by Gasteiger charge is -1.95. The molecule has 0 aliphatic carbocycles. The van der Waals surface area contributed by atoms with Gasteiger partial charge in [0.1, 0.15) is 5.82 Å². The van der Waals surface area contributed by atoms with E-state index >= 15 is 0 Å². The van der Waals surface area contributed by atoms with E-state index in [1.165, 1.54) is 7.11 Å². The van der Waals surface area contributed by atoms with Crippen molar-refractivity contribution in [3.05, 3.63) is 29.9 Å². The van der Waals surface area contributed by atoms with Gasteiger partial charge in [0.2, 0.25) is 0 Å². The summed E-state index contributed by atoms with van der Waals surface area (Å²) in [4.78, 5) is 18.4. The molecule has 0 saturated heterocycles. The van der Waals surface area contributed by atoms with E-state index in [9.17, 15) is 4.79 Å². The van der Waals surface area contributed by atoms with Gasteiger partial charge in [-0.2, -0.15) is 0 Å². The fourth-order valence-electron chi connectivity index (χ4n) is 1.34. The second kappa shape index (κ2) is 5.34. The number of nitrogens with one attached hydrogen (secondary N) is 1. The number of methoxy groups -OCH3 is 1. The number of ether oxygens (including phenoxy) is 1. The molecule has 0 spiro atoms. The average Bonchev–Trinajstić information content (AvgIpc) is 2.57. The molecule has 15 heavy (non-hydrogen) atoms. The maximum atomic E-state index is 10.9. The van der Waals surface area contributed by atoms with E-state index in [4.69, 9.17) is 0 Å². The van der Waals surface area contributed by atoms with Crippen LogP contribution in [-0.4, -0.2) is 23.0 Å². The molecule has 0 aliphatic heterocycles. The minimum atomic E-state index is -0.214. The van der Waals surface area contributed by atoms with Gasteiger partial charge in [-0.3, -0.25) is 4.79 Å². The number of nitrogens with zero attached hydrogens (tertiary/aromatic N) is 1. The topological polar surface area (TPSA) is 55.0 Å². The summed E-state index contributed by atoms with van der Waals surface area (Å²) in [6.45, 7) is 5.63. The third kappa shape index (κ3) is 3.23. The first-order valence-electron chi connectivity index (χ1n) is 4.89. The highest BCUT2D eigenvalue weighted by molar-refractivity contribution is 5.69. The SMILES string of the molecule is C=CCc1nc(CCC(=O)OC)[nH]c1C. The monoisotopic (exact) mass is 208 g/mol. The Hall–Kier alpha value is -1.58. The predicted octanol–water partition coefficient (Wildman–Crippen LogP) is 1.55. The summed E-state index contributed by atoms with van der Waals surface area (Å²) in [5.41, 5.74) is 2.03. The second-order valence-corrected chi connectivity index (χ2v) is 3.32. The van der Waals surface area contributed by atoms with Crippen molar-refractivity contribution < 1.29 is 9.53 Å². The molecule has 0 aromatic carbocycles. The van der Waals surface area contributed by atoms with Gasteiger partial charge in [-0.1, -0.05) is 6.08 Å². The van der Waals surface area contributed by atoms with E-state index in [0.29, 0.717) is 12.8 Å². The number of esters is 1. The van der Waals surface area contributed by atoms with Crippen molar-refractivity contribution in [1.29, 1.82) is 0 Å². The highest BCUT2D eigenvalue weighted by atomic mass is 16.5. The average molecular weight is 208 g/mol. The van der Waals surface area contributed by atoms with Gasteiger partial charge in [-0.15, -0.1) is 6.58 Å². The number of aromatic amines is 1. The Bertz CT molecular complexity index is 355. The molecule has 0 atom stereocenters. The van der Waals surface area contributed by atoms with Crippen molar-refractivity contribution in [2.75, 3.05) is 7.11 Å². The summed E-state index contributed by atoms with van der Waals surface area (Å²) in [6.07, 6.45) is 3.51. The first kappa shape index (κ1) is 11.5. The molecule has 0 radical (unpaired) electrons. The van der Waals surface area contributed by atoms with Crippen LogP contribution in [0, 0.1) is 6.92 Å². The summed E-state index contributed by atoms with van der Waals surface area (Å²) in [5, 5.41) is 0. The van der Waals surface area contributed by atoms with Crippen LogP contribution >= 0.6 is 0 Å². The number of allylic oxidation sites excluding steroid dienone is 1. The standard InChI is InChI=1S/C11H16N2O2/c1-4-5-9-8(2)12-10(13-9)6-7-11(14)15-3/h4H,1,5-7H2,2-3H3,(H,12,13). The molecule has 0 bridgehead atoms. The van der Waals surface area contributed by atoms with Crippen LogP contribution in [-0.2, 0) is 22.4 Å². The maximum Gasteiger partial charge on any atom is 0.305 e. The van der Waals surface area contributed by atoms with Crippen LogP contribution in [0.1, 0.15) is 23.6 Å². The van der Waals surface area contributed by atoms with Crippen LogP contribution < -0.4 is 0 Å². The molecule has 1 rings (SSSR count). The normalized spacial score (nSPS) is 10.0. The number of imidazole rings is 1. The smallest absolute Gasteiger partial charge is 0.305 e. The minimum absolute atomic E-state index is 0.214. The number of aryl methyl sites for hydroxylation is 2. The van der Waals surface area contributed by atoms with Gasteiger partial charge >= 0.3 is 5.97 Å². The molecule has 1 N–H and O–H groups in total. The van der Waals surface area contributed by atoms with Crippen LogP contribution in [0.5, 0.6) is 0 Å². The lowest BCUT2D eigenvalue weighted by Crippen LogP contribution is -2.02. The van der Waals surface area contributed by atoms with Crippen LogP contribution in [0.3, 0.4) is 0 Å². The molecule has 0 unspecified atom stereocenters. The molecule has 0 fully saturated rings. The molecule has 0 saturated carbocycles. The van der Waals surface area contributed by atoms with Crippen LogP contribution in [0.25, 0.3) is 0 Å². The van der Waals surface area contributed by atoms with Crippen molar-refractivity contribution in [3.8, 4) is 0 Å². The Morgan fingerprint density at radius 3 is 3.00 bits per heavy atom. The summed E-state index contributed by atoms with van der Waals surface area (Å²) < 4.78 is 4.56. The molecule has 1 aromatic heterocycles.